The van der Waals surface area contributed by atoms with E-state index in [2.05, 4.69) is 16.0 Å². The van der Waals surface area contributed by atoms with Crippen LogP contribution in [0.4, 0.5) is 0 Å². The zero-order valence-corrected chi connectivity index (χ0v) is 10.8. The molecule has 1 heterocycles. The van der Waals surface area contributed by atoms with Crippen molar-refractivity contribution < 1.29 is 0 Å². The molecule has 0 spiro atoms. The lowest BCUT2D eigenvalue weighted by molar-refractivity contribution is 1.18. The molecule has 2 aromatic carbocycles. The van der Waals surface area contributed by atoms with Crippen molar-refractivity contribution in [3.05, 3.63) is 58.8 Å². The number of nitrogens with zero attached hydrogens (tertiary/aromatic N) is 2. The van der Waals surface area contributed by atoms with Crippen molar-refractivity contribution in [2.45, 2.75) is 0 Å². The van der Waals surface area contributed by atoms with Crippen LogP contribution in [-0.2, 0) is 0 Å². The van der Waals surface area contributed by atoms with Gasteiger partial charge in [-0.05, 0) is 16.8 Å². The number of rotatable bonds is 1. The van der Waals surface area contributed by atoms with E-state index < -0.39 is 0 Å². The van der Waals surface area contributed by atoms with Crippen LogP contribution in [0.15, 0.2) is 48.5 Å². The fourth-order valence-electron chi connectivity index (χ4n) is 1.85. The summed E-state index contributed by atoms with van der Waals surface area (Å²) >= 11 is 11.8. The summed E-state index contributed by atoms with van der Waals surface area (Å²) < 4.78 is 0. The van der Waals surface area contributed by atoms with Crippen LogP contribution < -0.4 is 0 Å². The summed E-state index contributed by atoms with van der Waals surface area (Å²) in [7, 11) is 0. The fraction of sp³-hybridized carbons (Fsp3) is 0. The van der Waals surface area contributed by atoms with Crippen LogP contribution in [0, 0.1) is 0 Å². The lowest BCUT2D eigenvalue weighted by Gasteiger charge is -2.03. The van der Waals surface area contributed by atoms with E-state index in [1.165, 1.54) is 11.5 Å². The Kier molecular flexibility index (Phi) is 2.90. The van der Waals surface area contributed by atoms with Crippen molar-refractivity contribution in [1.29, 1.82) is 0 Å². The molecule has 3 rings (SSSR count). The van der Waals surface area contributed by atoms with Crippen LogP contribution in [0.3, 0.4) is 0 Å². The third kappa shape index (κ3) is 2.17. The number of halogens is 2. The molecule has 4 heteroatoms. The first-order chi connectivity index (χ1) is 8.72. The van der Waals surface area contributed by atoms with Crippen LogP contribution >= 0.6 is 23.2 Å². The summed E-state index contributed by atoms with van der Waals surface area (Å²) in [4.78, 5) is 8.36. The van der Waals surface area contributed by atoms with Gasteiger partial charge in [0.05, 0.1) is 0 Å². The van der Waals surface area contributed by atoms with Gasteiger partial charge in [0.1, 0.15) is 10.3 Å². The molecule has 0 radical (unpaired) electrons. The number of hydrogen-bond donors (Lipinski definition) is 0. The molecule has 3 aromatic rings. The van der Waals surface area contributed by atoms with Gasteiger partial charge in [0, 0.05) is 11.6 Å². The van der Waals surface area contributed by atoms with Gasteiger partial charge in [-0.2, -0.15) is 0 Å². The second-order valence-corrected chi connectivity index (χ2v) is 4.67. The highest BCUT2D eigenvalue weighted by Gasteiger charge is 2.05. The lowest BCUT2D eigenvalue weighted by atomic mass is 10.1. The van der Waals surface area contributed by atoms with Crippen molar-refractivity contribution in [2.75, 3.05) is 0 Å². The van der Waals surface area contributed by atoms with E-state index in [0.29, 0.717) is 16.1 Å². The molecular formula is C14H8Cl2N2. The Hall–Kier alpha value is -1.64. The largest absolute Gasteiger partial charge is 0.216 e. The number of benzene rings is 2. The first-order valence-electron chi connectivity index (χ1n) is 5.42. The first-order valence-corrected chi connectivity index (χ1v) is 6.17. The normalized spacial score (nSPS) is 10.8. The Morgan fingerprint density at radius 2 is 1.39 bits per heavy atom. The molecule has 18 heavy (non-hydrogen) atoms. The van der Waals surface area contributed by atoms with Crippen LogP contribution in [-0.4, -0.2) is 9.97 Å². The zero-order valence-electron chi connectivity index (χ0n) is 9.27. The van der Waals surface area contributed by atoms with E-state index in [0.717, 1.165) is 10.9 Å². The molecule has 0 bridgehead atoms. The maximum atomic E-state index is 5.88. The van der Waals surface area contributed by atoms with Gasteiger partial charge in [-0.1, -0.05) is 59.6 Å². The Labute approximate surface area is 114 Å². The SMILES string of the molecule is Clc1cc(Cl)nc(-c2ccc3ccccc3c2)n1. The highest BCUT2D eigenvalue weighted by atomic mass is 35.5. The number of aromatic nitrogens is 2. The average Bonchev–Trinajstić information content (AvgIpc) is 2.37. The first kappa shape index (κ1) is 11.5. The molecular weight excluding hydrogens is 267 g/mol. The van der Waals surface area contributed by atoms with Gasteiger partial charge in [-0.25, -0.2) is 9.97 Å². The molecule has 0 unspecified atom stereocenters. The molecule has 88 valence electrons. The zero-order chi connectivity index (χ0) is 12.5. The van der Waals surface area contributed by atoms with E-state index in [1.54, 1.807) is 0 Å². The average molecular weight is 275 g/mol. The monoisotopic (exact) mass is 274 g/mol. The summed E-state index contributed by atoms with van der Waals surface area (Å²) in [6, 6.07) is 15.7. The van der Waals surface area contributed by atoms with Crippen molar-refractivity contribution in [1.82, 2.24) is 9.97 Å². The molecule has 0 fully saturated rings. The van der Waals surface area contributed by atoms with Gasteiger partial charge in [-0.15, -0.1) is 0 Å². The summed E-state index contributed by atoms with van der Waals surface area (Å²) in [5.74, 6) is 0.540. The van der Waals surface area contributed by atoms with E-state index in [9.17, 15) is 0 Å². The predicted octanol–water partition coefficient (Wildman–Crippen LogP) is 4.60. The predicted molar refractivity (Wildman–Crippen MR) is 75.0 cm³/mol. The van der Waals surface area contributed by atoms with E-state index >= 15 is 0 Å². The highest BCUT2D eigenvalue weighted by Crippen LogP contribution is 2.24. The quantitative estimate of drug-likeness (QED) is 0.606. The van der Waals surface area contributed by atoms with Gasteiger partial charge in [0.2, 0.25) is 0 Å². The smallest absolute Gasteiger partial charge is 0.162 e. The molecule has 0 aliphatic heterocycles. The molecule has 0 N–H and O–H groups in total. The fourth-order valence-corrected chi connectivity index (χ4v) is 2.27. The van der Waals surface area contributed by atoms with Gasteiger partial charge in [0.15, 0.2) is 5.82 Å². The van der Waals surface area contributed by atoms with Gasteiger partial charge in [0.25, 0.3) is 0 Å². The molecule has 2 nitrogen and oxygen atoms in total. The van der Waals surface area contributed by atoms with E-state index in [-0.39, 0.29) is 0 Å². The minimum atomic E-state index is 0.346. The molecule has 0 amide bonds. The van der Waals surface area contributed by atoms with Gasteiger partial charge >= 0.3 is 0 Å². The second kappa shape index (κ2) is 4.56. The maximum Gasteiger partial charge on any atom is 0.162 e. The van der Waals surface area contributed by atoms with Crippen LogP contribution in [0.5, 0.6) is 0 Å². The molecule has 0 saturated heterocycles. The summed E-state index contributed by atoms with van der Waals surface area (Å²) in [6.45, 7) is 0. The van der Waals surface area contributed by atoms with Crippen LogP contribution in [0.25, 0.3) is 22.2 Å². The van der Waals surface area contributed by atoms with E-state index in [4.69, 9.17) is 23.2 Å². The lowest BCUT2D eigenvalue weighted by Crippen LogP contribution is -1.90. The molecule has 1 aromatic heterocycles. The second-order valence-electron chi connectivity index (χ2n) is 3.90. The highest BCUT2D eigenvalue weighted by molar-refractivity contribution is 6.33. The van der Waals surface area contributed by atoms with Crippen molar-refractivity contribution >= 4 is 34.0 Å². The Morgan fingerprint density at radius 1 is 0.722 bits per heavy atom. The minimum absolute atomic E-state index is 0.346. The Morgan fingerprint density at radius 3 is 2.11 bits per heavy atom. The standard InChI is InChI=1S/C14H8Cl2N2/c15-12-8-13(16)18-14(17-12)11-6-5-9-3-1-2-4-10(9)7-11/h1-8H. The van der Waals surface area contributed by atoms with E-state index in [1.807, 2.05) is 36.4 Å². The Bertz CT molecular complexity index is 706. The van der Waals surface area contributed by atoms with Gasteiger partial charge in [-0.3, -0.25) is 0 Å². The minimum Gasteiger partial charge on any atom is -0.216 e. The maximum absolute atomic E-state index is 5.88. The topological polar surface area (TPSA) is 25.8 Å². The Balaban J connectivity index is 2.19. The molecule has 0 aliphatic rings. The number of fused-ring (bicyclic) bond motifs is 1. The molecule has 0 atom stereocenters. The van der Waals surface area contributed by atoms with Gasteiger partial charge < -0.3 is 0 Å². The van der Waals surface area contributed by atoms with Crippen LogP contribution in [0.2, 0.25) is 10.3 Å². The summed E-state index contributed by atoms with van der Waals surface area (Å²) in [6.07, 6.45) is 0. The van der Waals surface area contributed by atoms with Crippen molar-refractivity contribution in [3.63, 3.8) is 0 Å². The summed E-state index contributed by atoms with van der Waals surface area (Å²) in [5.41, 5.74) is 0.901. The van der Waals surface area contributed by atoms with Crippen molar-refractivity contribution in [3.8, 4) is 11.4 Å². The molecule has 0 saturated carbocycles. The van der Waals surface area contributed by atoms with Crippen molar-refractivity contribution in [2.24, 2.45) is 0 Å². The third-order valence-corrected chi connectivity index (χ3v) is 3.06. The van der Waals surface area contributed by atoms with Crippen LogP contribution in [0.1, 0.15) is 0 Å². The third-order valence-electron chi connectivity index (χ3n) is 2.67. The number of hydrogen-bond acceptors (Lipinski definition) is 2. The summed E-state index contributed by atoms with van der Waals surface area (Å²) in [5, 5.41) is 3.00. The molecule has 0 aliphatic carbocycles.